The molecule has 0 amide bonds. The number of nitrogen functional groups attached to an aromatic ring is 1. The molecular formula is C15H22N2O. The van der Waals surface area contributed by atoms with Crippen LogP contribution in [0.1, 0.15) is 36.0 Å². The minimum atomic E-state index is 0.695. The van der Waals surface area contributed by atoms with Gasteiger partial charge in [0.2, 0.25) is 0 Å². The number of methoxy groups -OCH3 is 1. The van der Waals surface area contributed by atoms with Gasteiger partial charge < -0.3 is 10.5 Å². The number of anilines is 1. The first-order chi connectivity index (χ1) is 8.70. The minimum Gasteiger partial charge on any atom is -0.494 e. The summed E-state index contributed by atoms with van der Waals surface area (Å²) >= 11 is 0. The molecule has 1 atom stereocenters. The molecule has 2 heterocycles. The van der Waals surface area contributed by atoms with Gasteiger partial charge in [-0.1, -0.05) is 12.5 Å². The zero-order valence-corrected chi connectivity index (χ0v) is 11.3. The van der Waals surface area contributed by atoms with Crippen molar-refractivity contribution in [1.29, 1.82) is 0 Å². The zero-order valence-electron chi connectivity index (χ0n) is 11.3. The third-order valence-corrected chi connectivity index (χ3v) is 4.47. The molecule has 3 rings (SSSR count). The van der Waals surface area contributed by atoms with Gasteiger partial charge in [0.05, 0.1) is 12.8 Å². The molecule has 0 saturated carbocycles. The molecule has 1 fully saturated rings. The van der Waals surface area contributed by atoms with Gasteiger partial charge in [0.25, 0.3) is 0 Å². The van der Waals surface area contributed by atoms with Gasteiger partial charge in [-0.15, -0.1) is 0 Å². The molecule has 0 spiro atoms. The minimum absolute atomic E-state index is 0.695. The number of hydrogen-bond acceptors (Lipinski definition) is 3. The molecule has 3 heteroatoms. The molecule has 2 aliphatic rings. The summed E-state index contributed by atoms with van der Waals surface area (Å²) in [6.45, 7) is 4.39. The number of aryl methyl sites for hydroxylation is 1. The summed E-state index contributed by atoms with van der Waals surface area (Å²) in [5, 5.41) is 0. The number of rotatable bonds is 1. The zero-order chi connectivity index (χ0) is 12.7. The van der Waals surface area contributed by atoms with E-state index in [-0.39, 0.29) is 0 Å². The number of hydrogen-bond donors (Lipinski definition) is 1. The van der Waals surface area contributed by atoms with E-state index in [9.17, 15) is 0 Å². The van der Waals surface area contributed by atoms with Gasteiger partial charge in [-0.2, -0.15) is 0 Å². The Labute approximate surface area is 109 Å². The summed E-state index contributed by atoms with van der Waals surface area (Å²) in [6.07, 6.45) is 5.11. The molecular weight excluding hydrogens is 224 g/mol. The Balaban J connectivity index is 2.02. The van der Waals surface area contributed by atoms with Crippen LogP contribution in [0.2, 0.25) is 0 Å². The van der Waals surface area contributed by atoms with Crippen molar-refractivity contribution in [1.82, 2.24) is 4.90 Å². The predicted molar refractivity (Wildman–Crippen MR) is 73.9 cm³/mol. The highest BCUT2D eigenvalue weighted by Crippen LogP contribution is 2.38. The predicted octanol–water partition coefficient (Wildman–Crippen LogP) is 2.50. The van der Waals surface area contributed by atoms with Gasteiger partial charge in [0, 0.05) is 12.6 Å². The van der Waals surface area contributed by atoms with Crippen molar-refractivity contribution in [3.63, 3.8) is 0 Å². The Morgan fingerprint density at radius 1 is 1.39 bits per heavy atom. The molecule has 1 unspecified atom stereocenters. The largest absolute Gasteiger partial charge is 0.494 e. The van der Waals surface area contributed by atoms with Crippen molar-refractivity contribution < 1.29 is 4.74 Å². The Kier molecular flexibility index (Phi) is 2.94. The molecule has 3 nitrogen and oxygen atoms in total. The molecule has 1 aromatic carbocycles. The summed E-state index contributed by atoms with van der Waals surface area (Å²) in [7, 11) is 1.71. The van der Waals surface area contributed by atoms with Crippen molar-refractivity contribution in [3.8, 4) is 5.75 Å². The van der Waals surface area contributed by atoms with E-state index >= 15 is 0 Å². The van der Waals surface area contributed by atoms with E-state index < -0.39 is 0 Å². The van der Waals surface area contributed by atoms with Crippen LogP contribution in [-0.2, 0) is 13.0 Å². The molecule has 0 aromatic heterocycles. The third-order valence-electron chi connectivity index (χ3n) is 4.47. The fourth-order valence-electron chi connectivity index (χ4n) is 3.54. The summed E-state index contributed by atoms with van der Waals surface area (Å²) in [6, 6.07) is 2.95. The maximum Gasteiger partial charge on any atom is 0.144 e. The molecule has 2 aliphatic heterocycles. The van der Waals surface area contributed by atoms with E-state index in [1.807, 2.05) is 0 Å². The number of ether oxygens (including phenoxy) is 1. The number of nitrogens with zero attached hydrogens (tertiary/aromatic N) is 1. The molecule has 0 radical (unpaired) electrons. The van der Waals surface area contributed by atoms with Crippen LogP contribution in [0.5, 0.6) is 5.75 Å². The first-order valence-electron chi connectivity index (χ1n) is 6.89. The van der Waals surface area contributed by atoms with Gasteiger partial charge in [0.1, 0.15) is 5.75 Å². The van der Waals surface area contributed by atoms with E-state index in [0.717, 1.165) is 30.0 Å². The highest BCUT2D eigenvalue weighted by Gasteiger charge is 2.30. The molecule has 1 saturated heterocycles. The van der Waals surface area contributed by atoms with E-state index in [0.29, 0.717) is 6.04 Å². The van der Waals surface area contributed by atoms with Crippen LogP contribution in [0.25, 0.3) is 0 Å². The normalized spacial score (nSPS) is 23.3. The van der Waals surface area contributed by atoms with Crippen molar-refractivity contribution >= 4 is 5.69 Å². The van der Waals surface area contributed by atoms with Crippen LogP contribution in [0.4, 0.5) is 5.69 Å². The number of nitrogens with two attached hydrogens (primary N) is 1. The van der Waals surface area contributed by atoms with E-state index in [1.165, 1.54) is 36.9 Å². The number of benzene rings is 1. The number of piperidine rings is 1. The van der Waals surface area contributed by atoms with Crippen molar-refractivity contribution in [3.05, 3.63) is 22.8 Å². The first-order valence-corrected chi connectivity index (χ1v) is 6.89. The molecule has 0 bridgehead atoms. The topological polar surface area (TPSA) is 38.5 Å². The average molecular weight is 246 g/mol. The molecule has 2 N–H and O–H groups in total. The van der Waals surface area contributed by atoms with Gasteiger partial charge >= 0.3 is 0 Å². The van der Waals surface area contributed by atoms with Crippen molar-refractivity contribution in [2.24, 2.45) is 0 Å². The molecule has 0 aliphatic carbocycles. The maximum atomic E-state index is 6.29. The standard InChI is InChI=1S/C15H22N2O/c1-10-7-11-9-17-6-4-3-5-12(17)8-13(11)14(16)15(10)18-2/h7,12H,3-6,8-9,16H2,1-2H3. The van der Waals surface area contributed by atoms with Gasteiger partial charge in [0.15, 0.2) is 0 Å². The second kappa shape index (κ2) is 4.47. The average Bonchev–Trinajstić information content (AvgIpc) is 2.37. The van der Waals surface area contributed by atoms with E-state index in [1.54, 1.807) is 7.11 Å². The second-order valence-corrected chi connectivity index (χ2v) is 5.60. The fourth-order valence-corrected chi connectivity index (χ4v) is 3.54. The Bertz CT molecular complexity index is 470. The summed E-state index contributed by atoms with van der Waals surface area (Å²) in [5.41, 5.74) is 11.1. The van der Waals surface area contributed by atoms with Crippen LogP contribution in [0.3, 0.4) is 0 Å². The van der Waals surface area contributed by atoms with Gasteiger partial charge in [-0.05, 0) is 49.4 Å². The lowest BCUT2D eigenvalue weighted by atomic mass is 9.86. The van der Waals surface area contributed by atoms with Gasteiger partial charge in [-0.3, -0.25) is 4.90 Å². The van der Waals surface area contributed by atoms with Crippen LogP contribution < -0.4 is 10.5 Å². The van der Waals surface area contributed by atoms with Crippen molar-refractivity contribution in [2.75, 3.05) is 19.4 Å². The molecule has 98 valence electrons. The van der Waals surface area contributed by atoms with Crippen LogP contribution in [0.15, 0.2) is 6.07 Å². The Morgan fingerprint density at radius 3 is 3.00 bits per heavy atom. The van der Waals surface area contributed by atoms with Gasteiger partial charge in [-0.25, -0.2) is 0 Å². The number of fused-ring (bicyclic) bond motifs is 2. The monoisotopic (exact) mass is 246 g/mol. The fraction of sp³-hybridized carbons (Fsp3) is 0.600. The second-order valence-electron chi connectivity index (χ2n) is 5.60. The Morgan fingerprint density at radius 2 is 2.22 bits per heavy atom. The summed E-state index contributed by atoms with van der Waals surface area (Å²) in [4.78, 5) is 2.62. The third kappa shape index (κ3) is 1.77. The summed E-state index contributed by atoms with van der Waals surface area (Å²) < 4.78 is 5.44. The van der Waals surface area contributed by atoms with Crippen LogP contribution >= 0.6 is 0 Å². The maximum absolute atomic E-state index is 6.29. The molecule has 1 aromatic rings. The highest BCUT2D eigenvalue weighted by molar-refractivity contribution is 5.65. The Hall–Kier alpha value is -1.22. The lowest BCUT2D eigenvalue weighted by Gasteiger charge is -2.40. The lowest BCUT2D eigenvalue weighted by molar-refractivity contribution is 0.127. The molecule has 18 heavy (non-hydrogen) atoms. The highest BCUT2D eigenvalue weighted by atomic mass is 16.5. The SMILES string of the molecule is COc1c(C)cc2c(c1N)CC1CCCCN1C2. The quantitative estimate of drug-likeness (QED) is 0.774. The smallest absolute Gasteiger partial charge is 0.144 e. The summed E-state index contributed by atoms with van der Waals surface area (Å²) in [5.74, 6) is 0.873. The first kappa shape index (κ1) is 11.8. The van der Waals surface area contributed by atoms with E-state index in [4.69, 9.17) is 10.5 Å². The van der Waals surface area contributed by atoms with Crippen molar-refractivity contribution in [2.45, 2.75) is 45.2 Å². The van der Waals surface area contributed by atoms with Crippen LogP contribution in [0, 0.1) is 6.92 Å². The van der Waals surface area contributed by atoms with E-state index in [2.05, 4.69) is 17.9 Å². The lowest BCUT2D eigenvalue weighted by Crippen LogP contribution is -2.43. The van der Waals surface area contributed by atoms with Crippen LogP contribution in [-0.4, -0.2) is 24.6 Å².